The fourth-order valence-electron chi connectivity index (χ4n) is 4.62. The van der Waals surface area contributed by atoms with Crippen LogP contribution in [0.1, 0.15) is 42.9 Å². The fraction of sp³-hybridized carbons (Fsp3) is 0.385. The van der Waals surface area contributed by atoms with Gasteiger partial charge in [-0.15, -0.1) is 0 Å². The topological polar surface area (TPSA) is 93.3 Å². The summed E-state index contributed by atoms with van der Waals surface area (Å²) < 4.78 is 32.2. The fourth-order valence-corrected chi connectivity index (χ4v) is 4.62. The van der Waals surface area contributed by atoms with Gasteiger partial charge < -0.3 is 20.9 Å². The Bertz CT molecular complexity index is 1150. The van der Waals surface area contributed by atoms with E-state index in [4.69, 9.17) is 10.5 Å². The average Bonchev–Trinajstić information content (AvgIpc) is 2.87. The quantitative estimate of drug-likeness (QED) is 0.460. The Kier molecular flexibility index (Phi) is 7.82. The van der Waals surface area contributed by atoms with Gasteiger partial charge in [0.15, 0.2) is 0 Å². The number of aliphatic hydroxyl groups excluding tert-OH is 1. The molecule has 2 aromatic heterocycles. The van der Waals surface area contributed by atoms with E-state index in [-0.39, 0.29) is 11.5 Å². The van der Waals surface area contributed by atoms with Crippen LogP contribution in [0.5, 0.6) is 5.88 Å². The Balaban J connectivity index is 1.31. The molecule has 0 saturated heterocycles. The molecule has 4 N–H and O–H groups in total. The molecule has 2 atom stereocenters. The van der Waals surface area contributed by atoms with Crippen molar-refractivity contribution in [2.45, 2.75) is 43.9 Å². The molecule has 0 bridgehead atoms. The Labute approximate surface area is 197 Å². The number of nitrogens with one attached hydrogen (secondary N) is 1. The van der Waals surface area contributed by atoms with Crippen molar-refractivity contribution >= 4 is 17.1 Å². The van der Waals surface area contributed by atoms with Crippen LogP contribution in [0.2, 0.25) is 0 Å². The summed E-state index contributed by atoms with van der Waals surface area (Å²) in [4.78, 5) is 8.79. The lowest BCUT2D eigenvalue weighted by Gasteiger charge is -2.34. The minimum absolute atomic E-state index is 0.179. The molecule has 1 saturated carbocycles. The zero-order chi connectivity index (χ0) is 24.1. The van der Waals surface area contributed by atoms with E-state index in [2.05, 4.69) is 15.3 Å². The first-order valence-electron chi connectivity index (χ1n) is 11.5. The third-order valence-electron chi connectivity index (χ3n) is 6.58. The Hall–Kier alpha value is -2.94. The maximum Gasteiger partial charge on any atom is 0.213 e. The lowest BCUT2D eigenvalue weighted by Crippen LogP contribution is -2.41. The minimum Gasteiger partial charge on any atom is -0.481 e. The lowest BCUT2D eigenvalue weighted by atomic mass is 9.79. The molecule has 6 nitrogen and oxygen atoms in total. The molecule has 0 radical (unpaired) electrons. The van der Waals surface area contributed by atoms with Crippen LogP contribution < -0.4 is 15.8 Å². The summed E-state index contributed by atoms with van der Waals surface area (Å²) in [6, 6.07) is 8.63. The van der Waals surface area contributed by atoms with E-state index in [1.807, 2.05) is 6.07 Å². The molecule has 0 spiro atoms. The molecule has 8 heteroatoms. The summed E-state index contributed by atoms with van der Waals surface area (Å²) in [6.07, 6.45) is 7.82. The molecule has 4 rings (SSSR count). The van der Waals surface area contributed by atoms with Crippen molar-refractivity contribution in [1.82, 2.24) is 15.3 Å². The highest BCUT2D eigenvalue weighted by Gasteiger charge is 2.31. The van der Waals surface area contributed by atoms with Crippen molar-refractivity contribution < 1.29 is 18.6 Å². The third kappa shape index (κ3) is 5.58. The number of nitrogens with two attached hydrogens (primary N) is 1. The number of benzene rings is 1. The lowest BCUT2D eigenvalue weighted by molar-refractivity contribution is 0.101. The molecule has 34 heavy (non-hydrogen) atoms. The van der Waals surface area contributed by atoms with Crippen LogP contribution in [0, 0.1) is 17.6 Å². The maximum atomic E-state index is 13.7. The minimum atomic E-state index is -0.858. The van der Waals surface area contributed by atoms with Crippen molar-refractivity contribution in [2.75, 3.05) is 13.7 Å². The summed E-state index contributed by atoms with van der Waals surface area (Å²) in [7, 11) is 1.55. The van der Waals surface area contributed by atoms with Gasteiger partial charge in [-0.2, -0.15) is 0 Å². The largest absolute Gasteiger partial charge is 0.481 e. The molecular formula is C26H30F2N4O2. The number of hydrogen-bond acceptors (Lipinski definition) is 6. The van der Waals surface area contributed by atoms with Crippen LogP contribution in [0.25, 0.3) is 17.1 Å². The van der Waals surface area contributed by atoms with E-state index >= 15 is 0 Å². The van der Waals surface area contributed by atoms with Gasteiger partial charge in [0.2, 0.25) is 5.88 Å². The Morgan fingerprint density at radius 2 is 1.97 bits per heavy atom. The molecule has 1 aliphatic rings. The zero-order valence-electron chi connectivity index (χ0n) is 19.1. The molecule has 1 aliphatic carbocycles. The Morgan fingerprint density at radius 3 is 2.74 bits per heavy atom. The van der Waals surface area contributed by atoms with Crippen LogP contribution in [0.3, 0.4) is 0 Å². The van der Waals surface area contributed by atoms with Crippen LogP contribution in [-0.4, -0.2) is 40.8 Å². The standard InChI is InChI=1S/C26H30F2N4O2/c1-34-23-11-10-22-25(32-23)20(12-14-31-22)26(33)24(29)16-4-7-19(8-5-16)30-13-2-3-17-15-18(27)6-9-21(17)28/h2-3,6,9-12,14-16,19,24,26,30,33H,4-5,7-8,13,29H2,1H3/b3-2+/t16?,19?,24-,26+/m0/s1. The average molecular weight is 469 g/mol. The molecule has 0 unspecified atom stereocenters. The molecule has 0 aliphatic heterocycles. The Morgan fingerprint density at radius 1 is 1.18 bits per heavy atom. The SMILES string of the molecule is COc1ccc2nccc([C@@H](O)[C@@H](N)C3CCC(NC/C=C/c4cc(F)ccc4F)CC3)c2n1. The van der Waals surface area contributed by atoms with E-state index in [0.717, 1.165) is 37.8 Å². The summed E-state index contributed by atoms with van der Waals surface area (Å²) in [5.74, 6) is -0.260. The van der Waals surface area contributed by atoms with Gasteiger partial charge in [0.05, 0.1) is 24.2 Å². The number of hydrogen-bond donors (Lipinski definition) is 3. The molecule has 1 fully saturated rings. The number of aromatic nitrogens is 2. The van der Waals surface area contributed by atoms with E-state index in [1.54, 1.807) is 37.6 Å². The molecule has 2 heterocycles. The van der Waals surface area contributed by atoms with Crippen molar-refractivity contribution in [3.05, 3.63) is 71.4 Å². The summed E-state index contributed by atoms with van der Waals surface area (Å²) in [5.41, 5.74) is 8.69. The monoisotopic (exact) mass is 468 g/mol. The predicted molar refractivity (Wildman–Crippen MR) is 128 cm³/mol. The molecular weight excluding hydrogens is 438 g/mol. The highest BCUT2D eigenvalue weighted by Crippen LogP contribution is 2.33. The highest BCUT2D eigenvalue weighted by atomic mass is 19.1. The number of ether oxygens (including phenoxy) is 1. The second-order valence-corrected chi connectivity index (χ2v) is 8.73. The summed E-state index contributed by atoms with van der Waals surface area (Å²) >= 11 is 0. The van der Waals surface area contributed by atoms with E-state index < -0.39 is 23.8 Å². The number of nitrogens with zero attached hydrogens (tertiary/aromatic N) is 2. The van der Waals surface area contributed by atoms with Crippen molar-refractivity contribution in [2.24, 2.45) is 11.7 Å². The number of rotatable bonds is 8. The van der Waals surface area contributed by atoms with E-state index in [1.165, 1.54) is 6.07 Å². The number of methoxy groups -OCH3 is 1. The highest BCUT2D eigenvalue weighted by molar-refractivity contribution is 5.78. The van der Waals surface area contributed by atoms with Gasteiger partial charge in [-0.25, -0.2) is 13.8 Å². The van der Waals surface area contributed by atoms with Crippen molar-refractivity contribution in [3.8, 4) is 5.88 Å². The van der Waals surface area contributed by atoms with Gasteiger partial charge in [-0.1, -0.05) is 12.2 Å². The zero-order valence-corrected chi connectivity index (χ0v) is 19.1. The second kappa shape index (κ2) is 11.0. The molecule has 3 aromatic rings. The first-order chi connectivity index (χ1) is 16.5. The van der Waals surface area contributed by atoms with Gasteiger partial charge >= 0.3 is 0 Å². The van der Waals surface area contributed by atoms with Gasteiger partial charge in [0.1, 0.15) is 11.6 Å². The molecule has 180 valence electrons. The number of aliphatic hydroxyl groups is 1. The van der Waals surface area contributed by atoms with Crippen molar-refractivity contribution in [1.29, 1.82) is 0 Å². The number of halogens is 2. The van der Waals surface area contributed by atoms with E-state index in [0.29, 0.717) is 35.1 Å². The second-order valence-electron chi connectivity index (χ2n) is 8.73. The van der Waals surface area contributed by atoms with Crippen LogP contribution >= 0.6 is 0 Å². The van der Waals surface area contributed by atoms with Gasteiger partial charge in [-0.3, -0.25) is 4.98 Å². The van der Waals surface area contributed by atoms with E-state index in [9.17, 15) is 13.9 Å². The number of pyridine rings is 2. The van der Waals surface area contributed by atoms with Crippen LogP contribution in [0.15, 0.2) is 48.7 Å². The number of fused-ring (bicyclic) bond motifs is 1. The smallest absolute Gasteiger partial charge is 0.213 e. The van der Waals surface area contributed by atoms with Crippen molar-refractivity contribution in [3.63, 3.8) is 0 Å². The predicted octanol–water partition coefficient (Wildman–Crippen LogP) is 4.14. The third-order valence-corrected chi connectivity index (χ3v) is 6.58. The molecule has 0 amide bonds. The van der Waals surface area contributed by atoms with Crippen LogP contribution in [-0.2, 0) is 0 Å². The van der Waals surface area contributed by atoms with Crippen LogP contribution in [0.4, 0.5) is 8.78 Å². The summed E-state index contributed by atoms with van der Waals surface area (Å²) in [5, 5.41) is 14.5. The first-order valence-corrected chi connectivity index (χ1v) is 11.5. The van der Waals surface area contributed by atoms with Gasteiger partial charge in [0, 0.05) is 42.0 Å². The maximum absolute atomic E-state index is 13.7. The summed E-state index contributed by atoms with van der Waals surface area (Å²) in [6.45, 7) is 0.566. The van der Waals surface area contributed by atoms with Gasteiger partial charge in [0.25, 0.3) is 0 Å². The first kappa shape index (κ1) is 24.2. The van der Waals surface area contributed by atoms with Gasteiger partial charge in [-0.05, 0) is 61.9 Å². The molecule has 1 aromatic carbocycles. The normalized spacial score (nSPS) is 20.5.